The number of hydrogen-bond donors (Lipinski definition) is 0. The van der Waals surface area contributed by atoms with Gasteiger partial charge in [-0.3, -0.25) is 4.98 Å². The Morgan fingerprint density at radius 1 is 0.850 bits per heavy atom. The largest absolute Gasteiger partial charge is 0.308 e. The number of aromatic nitrogens is 2. The number of rotatable bonds is 1. The summed E-state index contributed by atoms with van der Waals surface area (Å²) < 4.78 is 3.35. The zero-order chi connectivity index (χ0) is 13.5. The van der Waals surface area contributed by atoms with E-state index in [9.17, 15) is 0 Å². The van der Waals surface area contributed by atoms with Crippen LogP contribution in [-0.2, 0) is 0 Å². The van der Waals surface area contributed by atoms with Gasteiger partial charge in [0.15, 0.2) is 0 Å². The standard InChI is InChI=1S/C17H11BrN2/c18-12-6-7-16-15(10-12)14-8-9-19-11-17(14)20(16)13-4-2-1-3-5-13/h1-11H. The smallest absolute Gasteiger partial charge is 0.0724 e. The number of pyridine rings is 1. The third kappa shape index (κ3) is 1.67. The summed E-state index contributed by atoms with van der Waals surface area (Å²) in [6, 6.07) is 18.8. The highest BCUT2D eigenvalue weighted by Crippen LogP contribution is 2.32. The number of nitrogens with zero attached hydrogens (tertiary/aromatic N) is 2. The molecule has 2 aromatic heterocycles. The molecule has 96 valence electrons. The van der Waals surface area contributed by atoms with Gasteiger partial charge >= 0.3 is 0 Å². The Hall–Kier alpha value is -2.13. The summed E-state index contributed by atoms with van der Waals surface area (Å²) in [4.78, 5) is 4.28. The van der Waals surface area contributed by atoms with Crippen LogP contribution in [0.1, 0.15) is 0 Å². The summed E-state index contributed by atoms with van der Waals surface area (Å²) in [7, 11) is 0. The molecule has 0 fully saturated rings. The summed E-state index contributed by atoms with van der Waals surface area (Å²) in [5.74, 6) is 0. The average molecular weight is 323 g/mol. The minimum Gasteiger partial charge on any atom is -0.308 e. The van der Waals surface area contributed by atoms with Crippen LogP contribution >= 0.6 is 15.9 Å². The second-order valence-electron chi connectivity index (χ2n) is 4.73. The van der Waals surface area contributed by atoms with Crippen LogP contribution in [0, 0.1) is 0 Å². The minimum atomic E-state index is 1.09. The van der Waals surface area contributed by atoms with Gasteiger partial charge in [-0.05, 0) is 36.4 Å². The van der Waals surface area contributed by atoms with E-state index in [1.807, 2.05) is 18.5 Å². The lowest BCUT2D eigenvalue weighted by Gasteiger charge is -2.06. The van der Waals surface area contributed by atoms with Crippen LogP contribution in [0.4, 0.5) is 0 Å². The third-order valence-electron chi connectivity index (χ3n) is 3.55. The van der Waals surface area contributed by atoms with Crippen molar-refractivity contribution in [3.63, 3.8) is 0 Å². The molecule has 0 aliphatic rings. The molecular formula is C17H11BrN2. The molecular weight excluding hydrogens is 312 g/mol. The van der Waals surface area contributed by atoms with Crippen molar-refractivity contribution in [3.05, 3.63) is 71.5 Å². The molecule has 0 spiro atoms. The predicted octanol–water partition coefficient (Wildman–Crippen LogP) is 4.94. The molecule has 4 rings (SSSR count). The highest BCUT2D eigenvalue weighted by atomic mass is 79.9. The van der Waals surface area contributed by atoms with Crippen LogP contribution in [0.15, 0.2) is 71.5 Å². The average Bonchev–Trinajstić information content (AvgIpc) is 2.82. The first-order valence-electron chi connectivity index (χ1n) is 6.44. The second kappa shape index (κ2) is 4.46. The zero-order valence-electron chi connectivity index (χ0n) is 10.6. The van der Waals surface area contributed by atoms with E-state index >= 15 is 0 Å². The van der Waals surface area contributed by atoms with Crippen LogP contribution in [0.25, 0.3) is 27.5 Å². The summed E-state index contributed by atoms with van der Waals surface area (Å²) >= 11 is 3.56. The predicted molar refractivity (Wildman–Crippen MR) is 86.3 cm³/mol. The van der Waals surface area contributed by atoms with Crippen LogP contribution in [0.5, 0.6) is 0 Å². The maximum atomic E-state index is 4.28. The molecule has 20 heavy (non-hydrogen) atoms. The topological polar surface area (TPSA) is 17.8 Å². The van der Waals surface area contributed by atoms with Crippen molar-refractivity contribution in [2.45, 2.75) is 0 Å². The van der Waals surface area contributed by atoms with Gasteiger partial charge in [-0.25, -0.2) is 0 Å². The van der Waals surface area contributed by atoms with Gasteiger partial charge in [-0.1, -0.05) is 34.1 Å². The van der Waals surface area contributed by atoms with E-state index in [1.165, 1.54) is 16.3 Å². The second-order valence-corrected chi connectivity index (χ2v) is 5.64. The van der Waals surface area contributed by atoms with Gasteiger partial charge in [0.05, 0.1) is 17.2 Å². The van der Waals surface area contributed by atoms with Crippen molar-refractivity contribution in [3.8, 4) is 5.69 Å². The Morgan fingerprint density at radius 2 is 1.70 bits per heavy atom. The fraction of sp³-hybridized carbons (Fsp3) is 0. The quantitative estimate of drug-likeness (QED) is 0.485. The molecule has 0 aliphatic heterocycles. The highest BCUT2D eigenvalue weighted by Gasteiger charge is 2.11. The van der Waals surface area contributed by atoms with E-state index in [0.717, 1.165) is 15.7 Å². The molecule has 0 atom stereocenters. The Bertz CT molecular complexity index is 910. The SMILES string of the molecule is Brc1ccc2c(c1)c1ccncc1n2-c1ccccc1. The summed E-state index contributed by atoms with van der Waals surface area (Å²) in [5, 5.41) is 2.46. The number of benzene rings is 2. The van der Waals surface area contributed by atoms with Gasteiger partial charge in [0.1, 0.15) is 0 Å². The van der Waals surface area contributed by atoms with Gasteiger partial charge in [0.25, 0.3) is 0 Å². The molecule has 0 aliphatic carbocycles. The van der Waals surface area contributed by atoms with Gasteiger partial charge in [-0.2, -0.15) is 0 Å². The van der Waals surface area contributed by atoms with Gasteiger partial charge in [0, 0.05) is 27.1 Å². The lowest BCUT2D eigenvalue weighted by Crippen LogP contribution is -1.93. The zero-order valence-corrected chi connectivity index (χ0v) is 12.2. The van der Waals surface area contributed by atoms with Gasteiger partial charge < -0.3 is 4.57 Å². The van der Waals surface area contributed by atoms with Crippen LogP contribution in [0.2, 0.25) is 0 Å². The third-order valence-corrected chi connectivity index (χ3v) is 4.04. The van der Waals surface area contributed by atoms with E-state index in [-0.39, 0.29) is 0 Å². The lowest BCUT2D eigenvalue weighted by atomic mass is 10.2. The fourth-order valence-corrected chi connectivity index (χ4v) is 3.06. The first kappa shape index (κ1) is 11.7. The first-order valence-corrected chi connectivity index (χ1v) is 7.23. The monoisotopic (exact) mass is 322 g/mol. The van der Waals surface area contributed by atoms with E-state index in [4.69, 9.17) is 0 Å². The van der Waals surface area contributed by atoms with Crippen molar-refractivity contribution in [1.29, 1.82) is 0 Å². The van der Waals surface area contributed by atoms with Crippen molar-refractivity contribution in [2.75, 3.05) is 0 Å². The first-order chi connectivity index (χ1) is 9.84. The molecule has 2 heterocycles. The van der Waals surface area contributed by atoms with Crippen LogP contribution in [-0.4, -0.2) is 9.55 Å². The molecule has 0 amide bonds. The maximum Gasteiger partial charge on any atom is 0.0724 e. The van der Waals surface area contributed by atoms with E-state index < -0.39 is 0 Å². The van der Waals surface area contributed by atoms with E-state index in [0.29, 0.717) is 0 Å². The number of para-hydroxylation sites is 1. The summed E-state index contributed by atoms with van der Waals surface area (Å²) in [5.41, 5.74) is 3.48. The molecule has 0 bridgehead atoms. The number of fused-ring (bicyclic) bond motifs is 3. The van der Waals surface area contributed by atoms with Crippen LogP contribution < -0.4 is 0 Å². The normalized spacial score (nSPS) is 11.2. The van der Waals surface area contributed by atoms with Crippen molar-refractivity contribution in [2.24, 2.45) is 0 Å². The lowest BCUT2D eigenvalue weighted by molar-refractivity contribution is 1.17. The molecule has 4 aromatic rings. The van der Waals surface area contributed by atoms with Crippen molar-refractivity contribution in [1.82, 2.24) is 9.55 Å². The molecule has 0 radical (unpaired) electrons. The molecule has 0 saturated carbocycles. The fourth-order valence-electron chi connectivity index (χ4n) is 2.70. The molecule has 0 N–H and O–H groups in total. The highest BCUT2D eigenvalue weighted by molar-refractivity contribution is 9.10. The molecule has 3 heteroatoms. The summed E-state index contributed by atoms with van der Waals surface area (Å²) in [6.07, 6.45) is 3.77. The molecule has 2 aromatic carbocycles. The maximum absolute atomic E-state index is 4.28. The Balaban J connectivity index is 2.22. The minimum absolute atomic E-state index is 1.09. The van der Waals surface area contributed by atoms with Gasteiger partial charge in [0.2, 0.25) is 0 Å². The molecule has 2 nitrogen and oxygen atoms in total. The van der Waals surface area contributed by atoms with E-state index in [2.05, 4.69) is 74.0 Å². The molecule has 0 unspecified atom stereocenters. The molecule has 0 saturated heterocycles. The van der Waals surface area contributed by atoms with Crippen LogP contribution in [0.3, 0.4) is 0 Å². The number of hydrogen-bond acceptors (Lipinski definition) is 1. The van der Waals surface area contributed by atoms with Gasteiger partial charge in [-0.15, -0.1) is 0 Å². The van der Waals surface area contributed by atoms with E-state index in [1.54, 1.807) is 0 Å². The van der Waals surface area contributed by atoms with Crippen molar-refractivity contribution >= 4 is 37.7 Å². The Morgan fingerprint density at radius 3 is 2.55 bits per heavy atom. The Labute approximate surface area is 124 Å². The van der Waals surface area contributed by atoms with Crippen molar-refractivity contribution < 1.29 is 0 Å². The Kier molecular flexibility index (Phi) is 2.60. The number of halogens is 1. The summed E-state index contributed by atoms with van der Waals surface area (Å²) in [6.45, 7) is 0.